The van der Waals surface area contributed by atoms with Crippen molar-refractivity contribution >= 4 is 5.84 Å². The van der Waals surface area contributed by atoms with Crippen LogP contribution in [0.25, 0.3) is 0 Å². The van der Waals surface area contributed by atoms with Gasteiger partial charge < -0.3 is 4.90 Å². The minimum Gasteiger partial charge on any atom is -0.360 e. The van der Waals surface area contributed by atoms with Crippen LogP contribution in [-0.4, -0.2) is 23.8 Å². The third-order valence-electron chi connectivity index (χ3n) is 5.95. The Hall–Kier alpha value is -0.790. The average molecular weight is 264 g/mol. The van der Waals surface area contributed by atoms with Gasteiger partial charge in [-0.1, -0.05) is 47.6 Å². The molecule has 0 aromatic heterocycles. The van der Waals surface area contributed by atoms with Crippen LogP contribution in [0.4, 0.5) is 0 Å². The summed E-state index contributed by atoms with van der Waals surface area (Å²) in [5.74, 6) is 0.798. The van der Waals surface area contributed by atoms with Crippen molar-refractivity contribution in [1.82, 2.24) is 4.90 Å². The molecule has 0 bridgehead atoms. The Morgan fingerprint density at radius 2 is 1.47 bits per heavy atom. The summed E-state index contributed by atoms with van der Waals surface area (Å²) in [5.41, 5.74) is -0.184. The molecule has 0 atom stereocenters. The van der Waals surface area contributed by atoms with Crippen LogP contribution in [0, 0.1) is 21.7 Å². The molecule has 110 valence electrons. The average Bonchev–Trinajstić information content (AvgIpc) is 2.38. The highest BCUT2D eigenvalue weighted by Gasteiger charge is 2.50. The lowest BCUT2D eigenvalue weighted by atomic mass is 9.54. The van der Waals surface area contributed by atoms with Gasteiger partial charge in [0, 0.05) is 18.5 Å². The first kappa shape index (κ1) is 16.3. The van der Waals surface area contributed by atoms with E-state index >= 15 is 0 Å². The molecular formula is C17H32N2. The van der Waals surface area contributed by atoms with Crippen LogP contribution in [0.2, 0.25) is 0 Å². The first-order valence-electron chi connectivity index (χ1n) is 7.55. The standard InChI is InChI=1S/C17H32N2/c1-8-15(2,3)17(6,7)16(4,5)14(18)19-12-10-9-11-13-19/h8,18H,1,9-13H2,2-7H3. The fourth-order valence-corrected chi connectivity index (χ4v) is 2.87. The number of nitrogens with one attached hydrogen (secondary N) is 1. The molecule has 1 aliphatic rings. The molecular weight excluding hydrogens is 232 g/mol. The zero-order chi connectivity index (χ0) is 14.9. The predicted octanol–water partition coefficient (Wildman–Crippen LogP) is 4.71. The van der Waals surface area contributed by atoms with Gasteiger partial charge in [0.25, 0.3) is 0 Å². The second kappa shape index (κ2) is 5.30. The van der Waals surface area contributed by atoms with Crippen molar-refractivity contribution < 1.29 is 0 Å². The molecule has 1 N–H and O–H groups in total. The molecule has 0 aliphatic carbocycles. The van der Waals surface area contributed by atoms with E-state index in [4.69, 9.17) is 5.41 Å². The van der Waals surface area contributed by atoms with E-state index < -0.39 is 0 Å². The molecule has 1 fully saturated rings. The number of rotatable bonds is 4. The largest absolute Gasteiger partial charge is 0.360 e. The SMILES string of the molecule is C=CC(C)(C)C(C)(C)C(C)(C)C(=N)N1CCCCC1. The molecule has 0 amide bonds. The Morgan fingerprint density at radius 3 is 1.89 bits per heavy atom. The van der Waals surface area contributed by atoms with Gasteiger partial charge in [-0.3, -0.25) is 5.41 Å². The fourth-order valence-electron chi connectivity index (χ4n) is 2.87. The molecule has 0 unspecified atom stereocenters. The van der Waals surface area contributed by atoms with Gasteiger partial charge in [-0.05, 0) is 30.1 Å². The second-order valence-electron chi connectivity index (χ2n) is 7.57. The normalized spacial score (nSPS) is 18.3. The van der Waals surface area contributed by atoms with E-state index in [2.05, 4.69) is 53.0 Å². The van der Waals surface area contributed by atoms with E-state index in [9.17, 15) is 0 Å². The van der Waals surface area contributed by atoms with Crippen molar-refractivity contribution in [3.8, 4) is 0 Å². The lowest BCUT2D eigenvalue weighted by Crippen LogP contribution is -2.53. The highest BCUT2D eigenvalue weighted by atomic mass is 15.2. The Labute approximate surface area is 119 Å². The Balaban J connectivity index is 3.01. The van der Waals surface area contributed by atoms with E-state index in [1.54, 1.807) is 0 Å². The molecule has 2 heteroatoms. The number of piperidine rings is 1. The molecule has 1 rings (SSSR count). The van der Waals surface area contributed by atoms with Crippen LogP contribution < -0.4 is 0 Å². The summed E-state index contributed by atoms with van der Waals surface area (Å²) in [6.45, 7) is 19.5. The van der Waals surface area contributed by atoms with Gasteiger partial charge in [0.05, 0.1) is 0 Å². The van der Waals surface area contributed by atoms with E-state index in [1.165, 1.54) is 19.3 Å². The van der Waals surface area contributed by atoms with Gasteiger partial charge >= 0.3 is 0 Å². The zero-order valence-corrected chi connectivity index (χ0v) is 13.8. The van der Waals surface area contributed by atoms with E-state index in [0.717, 1.165) is 18.9 Å². The number of nitrogens with zero attached hydrogens (tertiary/aromatic N) is 1. The second-order valence-corrected chi connectivity index (χ2v) is 7.57. The Kier molecular flexibility index (Phi) is 4.54. The summed E-state index contributed by atoms with van der Waals surface area (Å²) in [4.78, 5) is 2.28. The van der Waals surface area contributed by atoms with Crippen molar-refractivity contribution in [1.29, 1.82) is 5.41 Å². The van der Waals surface area contributed by atoms with Crippen LogP contribution in [-0.2, 0) is 0 Å². The van der Waals surface area contributed by atoms with E-state index in [1.807, 2.05) is 6.08 Å². The lowest BCUT2D eigenvalue weighted by molar-refractivity contribution is 0.0503. The number of hydrogen-bond acceptors (Lipinski definition) is 1. The van der Waals surface area contributed by atoms with Crippen molar-refractivity contribution in [2.24, 2.45) is 16.2 Å². The van der Waals surface area contributed by atoms with E-state index in [0.29, 0.717) is 0 Å². The molecule has 0 radical (unpaired) electrons. The summed E-state index contributed by atoms with van der Waals surface area (Å²) in [7, 11) is 0. The lowest BCUT2D eigenvalue weighted by Gasteiger charge is -2.53. The van der Waals surface area contributed by atoms with Crippen LogP contribution in [0.5, 0.6) is 0 Å². The summed E-state index contributed by atoms with van der Waals surface area (Å²) in [6.07, 6.45) is 5.80. The molecule has 0 aromatic carbocycles. The molecule has 1 saturated heterocycles. The van der Waals surface area contributed by atoms with Gasteiger partial charge in [-0.2, -0.15) is 0 Å². The topological polar surface area (TPSA) is 27.1 Å². The van der Waals surface area contributed by atoms with Crippen LogP contribution in [0.3, 0.4) is 0 Å². The van der Waals surface area contributed by atoms with Crippen LogP contribution in [0.1, 0.15) is 60.8 Å². The molecule has 0 spiro atoms. The third-order valence-corrected chi connectivity index (χ3v) is 5.95. The molecule has 1 heterocycles. The summed E-state index contributed by atoms with van der Waals surface area (Å²) in [6, 6.07) is 0. The number of likely N-dealkylation sites (tertiary alicyclic amines) is 1. The van der Waals surface area contributed by atoms with Gasteiger partial charge in [-0.25, -0.2) is 0 Å². The maximum absolute atomic E-state index is 8.69. The molecule has 0 aromatic rings. The first-order valence-corrected chi connectivity index (χ1v) is 7.55. The number of allylic oxidation sites excluding steroid dienone is 1. The van der Waals surface area contributed by atoms with Crippen molar-refractivity contribution in [2.45, 2.75) is 60.8 Å². The van der Waals surface area contributed by atoms with Crippen molar-refractivity contribution in [3.05, 3.63) is 12.7 Å². The monoisotopic (exact) mass is 264 g/mol. The third kappa shape index (κ3) is 2.73. The highest BCUT2D eigenvalue weighted by Crippen LogP contribution is 2.52. The Morgan fingerprint density at radius 1 is 1.00 bits per heavy atom. The highest BCUT2D eigenvalue weighted by molar-refractivity contribution is 5.85. The Bertz CT molecular complexity index is 344. The zero-order valence-electron chi connectivity index (χ0n) is 13.8. The summed E-state index contributed by atoms with van der Waals surface area (Å²) < 4.78 is 0. The maximum Gasteiger partial charge on any atom is 0.102 e. The molecule has 1 aliphatic heterocycles. The quantitative estimate of drug-likeness (QED) is 0.444. The number of hydrogen-bond donors (Lipinski definition) is 1. The van der Waals surface area contributed by atoms with Crippen molar-refractivity contribution in [2.75, 3.05) is 13.1 Å². The van der Waals surface area contributed by atoms with Gasteiger partial charge in [0.2, 0.25) is 0 Å². The maximum atomic E-state index is 8.69. The van der Waals surface area contributed by atoms with Crippen LogP contribution >= 0.6 is 0 Å². The van der Waals surface area contributed by atoms with Crippen molar-refractivity contribution in [3.63, 3.8) is 0 Å². The van der Waals surface area contributed by atoms with E-state index in [-0.39, 0.29) is 16.2 Å². The summed E-state index contributed by atoms with van der Waals surface area (Å²) >= 11 is 0. The minimum atomic E-state index is -0.165. The van der Waals surface area contributed by atoms with Crippen LogP contribution in [0.15, 0.2) is 12.7 Å². The van der Waals surface area contributed by atoms with Gasteiger partial charge in [-0.15, -0.1) is 6.58 Å². The summed E-state index contributed by atoms with van der Waals surface area (Å²) in [5, 5.41) is 8.69. The molecule has 19 heavy (non-hydrogen) atoms. The number of amidine groups is 1. The molecule has 2 nitrogen and oxygen atoms in total. The van der Waals surface area contributed by atoms with Gasteiger partial charge in [0.15, 0.2) is 0 Å². The molecule has 0 saturated carbocycles. The smallest absolute Gasteiger partial charge is 0.102 e. The predicted molar refractivity (Wildman–Crippen MR) is 84.7 cm³/mol. The minimum absolute atomic E-state index is 0.00140. The first-order chi connectivity index (χ1) is 8.58. The fraction of sp³-hybridized carbons (Fsp3) is 0.824. The van der Waals surface area contributed by atoms with Gasteiger partial charge in [0.1, 0.15) is 5.84 Å².